The summed E-state index contributed by atoms with van der Waals surface area (Å²) in [6.45, 7) is 13.2. The molecule has 5 heteroatoms. The Bertz CT molecular complexity index is 382. The minimum absolute atomic E-state index is 0.260. The third kappa shape index (κ3) is 2.95. The molecule has 2 rings (SSSR count). The van der Waals surface area contributed by atoms with Gasteiger partial charge in [-0.3, -0.25) is 0 Å². The number of hydrogen-bond acceptors (Lipinski definition) is 3. The predicted molar refractivity (Wildman–Crippen MR) is 78.0 cm³/mol. The molecular formula is C15H26BFO3. The second-order valence-electron chi connectivity index (χ2n) is 7.50. The lowest BCUT2D eigenvalue weighted by atomic mass is 9.74. The molecule has 0 aromatic heterocycles. The number of allylic oxidation sites excluding steroid dienone is 1. The Morgan fingerprint density at radius 3 is 2.20 bits per heavy atom. The van der Waals surface area contributed by atoms with E-state index in [1.807, 2.05) is 41.5 Å². The molecule has 0 N–H and O–H groups in total. The van der Waals surface area contributed by atoms with Gasteiger partial charge in [0.1, 0.15) is 5.73 Å². The van der Waals surface area contributed by atoms with Crippen LogP contribution in [0.25, 0.3) is 0 Å². The van der Waals surface area contributed by atoms with Gasteiger partial charge in [-0.15, -0.1) is 0 Å². The normalized spacial score (nSPS) is 30.1. The maximum absolute atomic E-state index is 14.5. The molecule has 2 fully saturated rings. The second kappa shape index (κ2) is 5.11. The smallest absolute Gasteiger partial charge is 0.398 e. The van der Waals surface area contributed by atoms with Crippen LogP contribution in [0.2, 0.25) is 0 Å². The average molecular weight is 284 g/mol. The molecule has 0 bridgehead atoms. The summed E-state index contributed by atoms with van der Waals surface area (Å²) in [4.78, 5) is 0. The summed E-state index contributed by atoms with van der Waals surface area (Å²) >= 11 is 0. The monoisotopic (exact) mass is 284 g/mol. The van der Waals surface area contributed by atoms with Gasteiger partial charge in [0.15, 0.2) is 0 Å². The summed E-state index contributed by atoms with van der Waals surface area (Å²) in [5, 5.41) is 0. The van der Waals surface area contributed by atoms with Crippen LogP contribution in [0.4, 0.5) is 4.39 Å². The van der Waals surface area contributed by atoms with Crippen molar-refractivity contribution < 1.29 is 18.4 Å². The summed E-state index contributed by atoms with van der Waals surface area (Å²) in [5.41, 5.74) is -1.61. The molecule has 1 atom stereocenters. The lowest BCUT2D eigenvalue weighted by molar-refractivity contribution is 0.00578. The van der Waals surface area contributed by atoms with E-state index in [2.05, 4.69) is 0 Å². The van der Waals surface area contributed by atoms with Crippen molar-refractivity contribution in [2.75, 3.05) is 13.2 Å². The van der Waals surface area contributed by atoms with Gasteiger partial charge >= 0.3 is 7.12 Å². The highest BCUT2D eigenvalue weighted by molar-refractivity contribution is 6.53. The number of hydrogen-bond donors (Lipinski definition) is 0. The maximum Gasteiger partial charge on any atom is 0.524 e. The van der Waals surface area contributed by atoms with Crippen LogP contribution in [0.1, 0.15) is 48.0 Å². The first-order valence-electron chi connectivity index (χ1n) is 7.37. The lowest BCUT2D eigenvalue weighted by Gasteiger charge is -2.32. The van der Waals surface area contributed by atoms with E-state index in [4.69, 9.17) is 14.0 Å². The third-order valence-electron chi connectivity index (χ3n) is 4.97. The lowest BCUT2D eigenvalue weighted by Crippen LogP contribution is -2.41. The Morgan fingerprint density at radius 1 is 1.20 bits per heavy atom. The van der Waals surface area contributed by atoms with Gasteiger partial charge in [0.05, 0.1) is 17.8 Å². The molecule has 0 aromatic carbocycles. The molecule has 0 aliphatic carbocycles. The fourth-order valence-electron chi connectivity index (χ4n) is 2.62. The molecule has 0 radical (unpaired) electrons. The Morgan fingerprint density at radius 2 is 1.75 bits per heavy atom. The molecule has 20 heavy (non-hydrogen) atoms. The molecule has 2 saturated heterocycles. The Balaban J connectivity index is 2.11. The molecular weight excluding hydrogens is 258 g/mol. The fraction of sp³-hybridized carbons (Fsp3) is 0.867. The van der Waals surface area contributed by atoms with Crippen LogP contribution in [0.15, 0.2) is 11.8 Å². The van der Waals surface area contributed by atoms with Crippen molar-refractivity contribution in [3.63, 3.8) is 0 Å². The van der Waals surface area contributed by atoms with E-state index in [0.29, 0.717) is 12.5 Å². The Hall–Kier alpha value is -0.385. The fourth-order valence-corrected chi connectivity index (χ4v) is 2.62. The van der Waals surface area contributed by atoms with Crippen molar-refractivity contribution in [2.24, 2.45) is 11.3 Å². The zero-order valence-electron chi connectivity index (χ0n) is 13.5. The van der Waals surface area contributed by atoms with Crippen LogP contribution in [0, 0.1) is 11.3 Å². The maximum atomic E-state index is 14.5. The van der Waals surface area contributed by atoms with Crippen LogP contribution in [-0.2, 0) is 14.0 Å². The van der Waals surface area contributed by atoms with Gasteiger partial charge in [-0.1, -0.05) is 19.9 Å². The van der Waals surface area contributed by atoms with Gasteiger partial charge in [0, 0.05) is 6.61 Å². The minimum atomic E-state index is -0.901. The summed E-state index contributed by atoms with van der Waals surface area (Å²) in [6, 6.07) is 0. The number of halogens is 1. The zero-order valence-corrected chi connectivity index (χ0v) is 13.5. The van der Waals surface area contributed by atoms with Gasteiger partial charge in [-0.25, -0.2) is 4.39 Å². The van der Waals surface area contributed by atoms with Crippen molar-refractivity contribution >= 4 is 7.12 Å². The quantitative estimate of drug-likeness (QED) is 0.742. The zero-order chi connectivity index (χ0) is 15.2. The molecule has 0 aromatic rings. The molecule has 0 spiro atoms. The van der Waals surface area contributed by atoms with E-state index in [-0.39, 0.29) is 11.1 Å². The van der Waals surface area contributed by atoms with Crippen molar-refractivity contribution in [3.05, 3.63) is 11.8 Å². The van der Waals surface area contributed by atoms with Gasteiger partial charge in [0.25, 0.3) is 0 Å². The van der Waals surface area contributed by atoms with Crippen LogP contribution < -0.4 is 0 Å². The van der Waals surface area contributed by atoms with Crippen molar-refractivity contribution in [3.8, 4) is 0 Å². The Labute approximate surface area is 122 Å². The molecule has 3 nitrogen and oxygen atoms in total. The van der Waals surface area contributed by atoms with Crippen molar-refractivity contribution in [1.82, 2.24) is 0 Å². The summed E-state index contributed by atoms with van der Waals surface area (Å²) in [6.07, 6.45) is 2.62. The van der Waals surface area contributed by atoms with Crippen LogP contribution >= 0.6 is 0 Å². The highest BCUT2D eigenvalue weighted by Gasteiger charge is 2.53. The summed E-state index contributed by atoms with van der Waals surface area (Å²) in [5.74, 6) is 0.343. The van der Waals surface area contributed by atoms with Crippen LogP contribution in [0.3, 0.4) is 0 Å². The summed E-state index contributed by atoms with van der Waals surface area (Å²) in [7, 11) is -0.901. The minimum Gasteiger partial charge on any atom is -0.398 e. The number of rotatable bonds is 3. The largest absolute Gasteiger partial charge is 0.524 e. The molecule has 2 aliphatic rings. The topological polar surface area (TPSA) is 27.7 Å². The third-order valence-corrected chi connectivity index (χ3v) is 4.97. The van der Waals surface area contributed by atoms with Crippen molar-refractivity contribution in [1.29, 1.82) is 0 Å². The van der Waals surface area contributed by atoms with Gasteiger partial charge in [0.2, 0.25) is 0 Å². The highest BCUT2D eigenvalue weighted by Crippen LogP contribution is 2.41. The highest BCUT2D eigenvalue weighted by atomic mass is 19.1. The first-order valence-corrected chi connectivity index (χ1v) is 7.37. The molecule has 114 valence electrons. The van der Waals surface area contributed by atoms with E-state index >= 15 is 0 Å². The molecule has 1 unspecified atom stereocenters. The van der Waals surface area contributed by atoms with E-state index in [1.54, 1.807) is 6.08 Å². The second-order valence-corrected chi connectivity index (χ2v) is 7.50. The molecule has 2 aliphatic heterocycles. The summed E-state index contributed by atoms with van der Waals surface area (Å²) < 4.78 is 31.4. The standard InChI is InChI=1S/C15H26BFO3/c1-13(2,11-7-8-18-10-11)9-12(17)16-19-14(3,4)15(5,6)20-16/h9,11H,7-8,10H2,1-6H3. The first kappa shape index (κ1) is 16.0. The van der Waals surface area contributed by atoms with Gasteiger partial charge < -0.3 is 14.0 Å². The van der Waals surface area contributed by atoms with Crippen molar-refractivity contribution in [2.45, 2.75) is 59.2 Å². The van der Waals surface area contributed by atoms with Gasteiger partial charge in [-0.05, 0) is 45.4 Å². The molecule has 2 heterocycles. The van der Waals surface area contributed by atoms with E-state index in [1.165, 1.54) is 0 Å². The molecule has 0 amide bonds. The van der Waals surface area contributed by atoms with E-state index in [9.17, 15) is 4.39 Å². The number of ether oxygens (including phenoxy) is 1. The SMILES string of the molecule is CC(C)(C=C(F)B1OC(C)(C)C(C)(C)O1)C1CCOC1. The van der Waals surface area contributed by atoms with E-state index in [0.717, 1.165) is 13.0 Å². The first-order chi connectivity index (χ1) is 9.05. The van der Waals surface area contributed by atoms with Crippen LogP contribution in [0.5, 0.6) is 0 Å². The predicted octanol–water partition coefficient (Wildman–Crippen LogP) is 3.53. The van der Waals surface area contributed by atoms with Gasteiger partial charge in [-0.2, -0.15) is 0 Å². The Kier molecular flexibility index (Phi) is 4.09. The van der Waals surface area contributed by atoms with E-state index < -0.39 is 18.3 Å². The average Bonchev–Trinajstić information content (AvgIpc) is 2.85. The van der Waals surface area contributed by atoms with Crippen LogP contribution in [-0.4, -0.2) is 31.5 Å². The molecule has 0 saturated carbocycles.